The van der Waals surface area contributed by atoms with Gasteiger partial charge >= 0.3 is 49.5 Å². The van der Waals surface area contributed by atoms with Crippen molar-refractivity contribution in [2.45, 2.75) is 6.92 Å². The first kappa shape index (κ1) is 6.86. The predicted octanol–water partition coefficient (Wildman–Crippen LogP) is -0.101. The second kappa shape index (κ2) is 4.03. The molecule has 0 bridgehead atoms. The van der Waals surface area contributed by atoms with E-state index in [2.05, 4.69) is 20.3 Å². The Morgan fingerprint density at radius 3 is 2.71 bits per heavy atom. The zero-order valence-electron chi connectivity index (χ0n) is 3.90. The molecular weight excluding hydrogens is 144 g/mol. The minimum atomic E-state index is -0.442. The van der Waals surface area contributed by atoms with Crippen LogP contribution in [0.25, 0.3) is 0 Å². The Kier molecular flexibility index (Phi) is 3.95. The third kappa shape index (κ3) is 3.70. The summed E-state index contributed by atoms with van der Waals surface area (Å²) in [7, 11) is 0. The molecule has 0 amide bonds. The van der Waals surface area contributed by atoms with Crippen LogP contribution in [0.2, 0.25) is 0 Å². The molecule has 0 N–H and O–H groups in total. The molecule has 0 heterocycles. The maximum atomic E-state index is 10.0. The molecule has 0 aliphatic rings. The molecule has 0 aromatic rings. The summed E-state index contributed by atoms with van der Waals surface area (Å²) < 4.78 is 4.39. The third-order valence-electron chi connectivity index (χ3n) is 0.358. The summed E-state index contributed by atoms with van der Waals surface area (Å²) in [4.78, 5) is 11.0. The summed E-state index contributed by atoms with van der Waals surface area (Å²) in [5.74, 6) is -0.442. The van der Waals surface area contributed by atoms with Crippen molar-refractivity contribution in [2.24, 2.45) is 0 Å². The predicted molar refractivity (Wildman–Crippen MR) is 22.7 cm³/mol. The van der Waals surface area contributed by atoms with E-state index in [1.165, 1.54) is 0 Å². The molecule has 7 heavy (non-hydrogen) atoms. The Morgan fingerprint density at radius 2 is 2.57 bits per heavy atom. The van der Waals surface area contributed by atoms with Gasteiger partial charge in [-0.2, -0.15) is 0 Å². The monoisotopic (exact) mass is 149 g/mol. The van der Waals surface area contributed by atoms with Crippen molar-refractivity contribution < 1.29 is 25.1 Å². The van der Waals surface area contributed by atoms with E-state index in [9.17, 15) is 4.79 Å². The fourth-order valence-electron chi connectivity index (χ4n) is 0.167. The molecule has 0 aromatic heterocycles. The van der Waals surface area contributed by atoms with Crippen molar-refractivity contribution in [1.29, 1.82) is 0 Å². The number of carbonyl (C=O) groups is 1. The van der Waals surface area contributed by atoms with Crippen molar-refractivity contribution in [3.8, 4) is 0 Å². The van der Waals surface area contributed by atoms with Crippen LogP contribution >= 0.6 is 0 Å². The van der Waals surface area contributed by atoms with Gasteiger partial charge in [-0.15, -0.1) is 0 Å². The van der Waals surface area contributed by atoms with Gasteiger partial charge in [-0.3, -0.25) is 0 Å². The zero-order chi connectivity index (χ0) is 5.70. The molecule has 0 atom stereocenters. The quantitative estimate of drug-likeness (QED) is 0.405. The van der Waals surface area contributed by atoms with Crippen LogP contribution in [0.15, 0.2) is 0 Å². The second-order valence-electron chi connectivity index (χ2n) is 0.839. The number of hydrogen-bond acceptors (Lipinski definition) is 2. The Bertz CT molecular complexity index is 79.8. The van der Waals surface area contributed by atoms with Crippen LogP contribution < -0.4 is 0 Å². The van der Waals surface area contributed by atoms with Gasteiger partial charge in [0, 0.05) is 0 Å². The van der Waals surface area contributed by atoms with E-state index in [0.717, 1.165) is 4.92 Å². The molecule has 0 saturated carbocycles. The molecule has 0 spiro atoms. The van der Waals surface area contributed by atoms with Gasteiger partial charge in [0.2, 0.25) is 0 Å². The van der Waals surface area contributed by atoms with Gasteiger partial charge in [0.1, 0.15) is 0 Å². The average molecular weight is 150 g/mol. The van der Waals surface area contributed by atoms with Crippen molar-refractivity contribution in [3.63, 3.8) is 0 Å². The van der Waals surface area contributed by atoms with E-state index in [4.69, 9.17) is 0 Å². The molecule has 0 saturated heterocycles. The van der Waals surface area contributed by atoms with E-state index < -0.39 is 5.97 Å². The van der Waals surface area contributed by atoms with Gasteiger partial charge in [0.25, 0.3) is 0 Å². The standard InChI is InChI=1S/C4H6O2.Cu/c1-3-6-4(2)5;/h2H,3H2,1H3;. The van der Waals surface area contributed by atoms with E-state index in [1.807, 2.05) is 0 Å². The average Bonchev–Trinajstić information content (AvgIpc) is 1.68. The van der Waals surface area contributed by atoms with Gasteiger partial charge in [0.15, 0.2) is 0 Å². The first-order valence-corrected chi connectivity index (χ1v) is 2.41. The van der Waals surface area contributed by atoms with Crippen LogP contribution in [0, 0.1) is 0 Å². The molecule has 0 unspecified atom stereocenters. The Labute approximate surface area is 50.2 Å². The van der Waals surface area contributed by atoms with Crippen molar-refractivity contribution in [1.82, 2.24) is 0 Å². The summed E-state index contributed by atoms with van der Waals surface area (Å²) in [6, 6.07) is 0. The molecule has 0 fully saturated rings. The molecule has 45 valence electrons. The van der Waals surface area contributed by atoms with Crippen LogP contribution in [0.1, 0.15) is 6.92 Å². The summed E-state index contributed by atoms with van der Waals surface area (Å²) in [6.45, 7) is 2.12. The van der Waals surface area contributed by atoms with Crippen LogP contribution in [-0.4, -0.2) is 17.5 Å². The number of ether oxygens (including phenoxy) is 1. The van der Waals surface area contributed by atoms with E-state index in [-0.39, 0.29) is 0 Å². The SMILES string of the molecule is CCOC(=O)[CH]=[Cu]. The Hall–Kier alpha value is -0.141. The van der Waals surface area contributed by atoms with Crippen LogP contribution in [-0.2, 0) is 25.1 Å². The fraction of sp³-hybridized carbons (Fsp3) is 0.500. The summed E-state index contributed by atoms with van der Waals surface area (Å²) >= 11 is 4.37. The fourth-order valence-corrected chi connectivity index (χ4v) is 0.246. The molecule has 0 rings (SSSR count). The molecule has 0 aliphatic heterocycles. The molecule has 0 aromatic carbocycles. The van der Waals surface area contributed by atoms with Crippen molar-refractivity contribution in [2.75, 3.05) is 6.61 Å². The second-order valence-corrected chi connectivity index (χ2v) is 1.11. The Morgan fingerprint density at radius 1 is 2.00 bits per heavy atom. The molecule has 0 radical (unpaired) electrons. The van der Waals surface area contributed by atoms with Gasteiger partial charge in [-0.1, -0.05) is 0 Å². The third-order valence-corrected chi connectivity index (χ3v) is 0.580. The van der Waals surface area contributed by atoms with Gasteiger partial charge in [-0.25, -0.2) is 0 Å². The van der Waals surface area contributed by atoms with Crippen LogP contribution in [0.4, 0.5) is 0 Å². The molecular formula is C4H6CuO2. The molecule has 3 heteroatoms. The number of hydrogen-bond donors (Lipinski definition) is 0. The number of rotatable bonds is 2. The first-order valence-electron chi connectivity index (χ1n) is 1.87. The molecule has 0 aliphatic carbocycles. The van der Waals surface area contributed by atoms with E-state index in [1.54, 1.807) is 6.92 Å². The van der Waals surface area contributed by atoms with E-state index >= 15 is 0 Å². The minimum absolute atomic E-state index is 0.391. The van der Waals surface area contributed by atoms with Gasteiger partial charge in [-0.05, 0) is 0 Å². The maximum absolute atomic E-state index is 10.0. The van der Waals surface area contributed by atoms with Crippen LogP contribution in [0.3, 0.4) is 0 Å². The van der Waals surface area contributed by atoms with Gasteiger partial charge < -0.3 is 0 Å². The van der Waals surface area contributed by atoms with Crippen molar-refractivity contribution in [3.05, 3.63) is 0 Å². The Balaban J connectivity index is 3.17. The number of esters is 1. The van der Waals surface area contributed by atoms with Gasteiger partial charge in [0.05, 0.1) is 0 Å². The summed E-state index contributed by atoms with van der Waals surface area (Å²) in [5.41, 5.74) is 0. The summed E-state index contributed by atoms with van der Waals surface area (Å²) in [6.07, 6.45) is 0. The summed E-state index contributed by atoms with van der Waals surface area (Å²) in [5, 5.41) is 0. The van der Waals surface area contributed by atoms with E-state index in [0.29, 0.717) is 6.61 Å². The van der Waals surface area contributed by atoms with Crippen LogP contribution in [0.5, 0.6) is 0 Å². The van der Waals surface area contributed by atoms with Crippen molar-refractivity contribution >= 4 is 10.9 Å². The first-order chi connectivity index (χ1) is 3.31. The zero-order valence-corrected chi connectivity index (χ0v) is 4.84. The molecule has 2 nitrogen and oxygen atoms in total. The normalized spacial score (nSPS) is 7.86. The topological polar surface area (TPSA) is 26.3 Å². The number of carbonyl (C=O) groups excluding carboxylic acids is 1.